The molecule has 3 atom stereocenters. The van der Waals surface area contributed by atoms with E-state index in [1.165, 1.54) is 0 Å². The first-order chi connectivity index (χ1) is 11.6. The van der Waals surface area contributed by atoms with Crippen LogP contribution in [-0.2, 0) is 0 Å². The van der Waals surface area contributed by atoms with Crippen LogP contribution in [-0.4, -0.2) is 20.7 Å². The maximum atomic E-state index is 11.8. The fourth-order valence-electron chi connectivity index (χ4n) is 4.85. The Labute approximate surface area is 146 Å². The second kappa shape index (κ2) is 5.88. The highest BCUT2D eigenvalue weighted by molar-refractivity contribution is 6.30. The van der Waals surface area contributed by atoms with Crippen molar-refractivity contribution in [2.75, 3.05) is 0 Å². The van der Waals surface area contributed by atoms with E-state index in [0.717, 1.165) is 24.8 Å². The van der Waals surface area contributed by atoms with Gasteiger partial charge in [0, 0.05) is 10.6 Å². The van der Waals surface area contributed by atoms with Crippen LogP contribution in [0.5, 0.6) is 0 Å². The van der Waals surface area contributed by atoms with Crippen molar-refractivity contribution in [3.8, 4) is 0 Å². The number of benzene rings is 1. The normalized spacial score (nSPS) is 27.0. The van der Waals surface area contributed by atoms with Crippen LogP contribution in [0, 0.1) is 17.8 Å². The van der Waals surface area contributed by atoms with E-state index in [0.29, 0.717) is 40.3 Å². The lowest BCUT2D eigenvalue weighted by Gasteiger charge is -2.22. The molecule has 2 fully saturated rings. The van der Waals surface area contributed by atoms with Gasteiger partial charge in [0.15, 0.2) is 0 Å². The van der Waals surface area contributed by atoms with E-state index in [4.69, 9.17) is 17.3 Å². The maximum Gasteiger partial charge on any atom is 0.248 e. The van der Waals surface area contributed by atoms with Crippen molar-refractivity contribution in [2.45, 2.75) is 38.1 Å². The number of carbonyl (C=O) groups is 1. The van der Waals surface area contributed by atoms with Crippen LogP contribution in [0.2, 0.25) is 5.02 Å². The predicted octanol–water partition coefficient (Wildman–Crippen LogP) is 3.42. The minimum Gasteiger partial charge on any atom is -0.366 e. The molecule has 0 aliphatic heterocycles. The van der Waals surface area contributed by atoms with Gasteiger partial charge in [-0.2, -0.15) is 5.10 Å². The third-order valence-corrected chi connectivity index (χ3v) is 6.12. The van der Waals surface area contributed by atoms with E-state index < -0.39 is 0 Å². The standard InChI is InChI=1S/C18H21ClN4O/c1-2-12(14-5-10(19)3-4-13(14)18(20)24)17-15-6-11(7-16(15)17)23-9-21-8-22-23/h3-5,8-9,11-12,15-17H,2,6-7H2,1H3,(H2,20,24)/t11?,12-,15+,16+,17?/m0/s1. The van der Waals surface area contributed by atoms with Gasteiger partial charge in [-0.1, -0.05) is 18.5 Å². The van der Waals surface area contributed by atoms with Gasteiger partial charge in [-0.15, -0.1) is 0 Å². The number of fused-ring (bicyclic) bond motifs is 1. The fourth-order valence-corrected chi connectivity index (χ4v) is 5.03. The van der Waals surface area contributed by atoms with Crippen molar-refractivity contribution in [1.29, 1.82) is 0 Å². The molecule has 4 rings (SSSR count). The Hall–Kier alpha value is -1.88. The molecule has 2 N–H and O–H groups in total. The van der Waals surface area contributed by atoms with Crippen molar-refractivity contribution in [1.82, 2.24) is 14.8 Å². The van der Waals surface area contributed by atoms with E-state index in [-0.39, 0.29) is 5.91 Å². The van der Waals surface area contributed by atoms with Gasteiger partial charge in [-0.05, 0) is 66.7 Å². The van der Waals surface area contributed by atoms with Crippen LogP contribution >= 0.6 is 11.6 Å². The van der Waals surface area contributed by atoms with Gasteiger partial charge < -0.3 is 5.73 Å². The lowest BCUT2D eigenvalue weighted by molar-refractivity contribution is 0.0998. The van der Waals surface area contributed by atoms with Gasteiger partial charge >= 0.3 is 0 Å². The molecule has 0 spiro atoms. The summed E-state index contributed by atoms with van der Waals surface area (Å²) in [4.78, 5) is 15.9. The van der Waals surface area contributed by atoms with E-state index in [2.05, 4.69) is 17.0 Å². The highest BCUT2D eigenvalue weighted by Crippen LogP contribution is 2.66. The SMILES string of the molecule is CC[C@@H](c1cc(Cl)ccc1C(N)=O)C1[C@@H]2CC(n3cncn3)C[C@@H]12. The van der Waals surface area contributed by atoms with Crippen molar-refractivity contribution in [3.05, 3.63) is 47.0 Å². The number of aromatic nitrogens is 3. The molecule has 1 amide bonds. The molecule has 2 aliphatic rings. The molecule has 1 heterocycles. The Morgan fingerprint density at radius 3 is 2.75 bits per heavy atom. The van der Waals surface area contributed by atoms with Crippen LogP contribution in [0.15, 0.2) is 30.9 Å². The summed E-state index contributed by atoms with van der Waals surface area (Å²) in [7, 11) is 0. The number of hydrogen-bond donors (Lipinski definition) is 1. The van der Waals surface area contributed by atoms with Crippen molar-refractivity contribution in [3.63, 3.8) is 0 Å². The van der Waals surface area contributed by atoms with Gasteiger partial charge in [-0.3, -0.25) is 4.79 Å². The second-order valence-electron chi connectivity index (χ2n) is 7.02. The zero-order chi connectivity index (χ0) is 16.8. The molecule has 24 heavy (non-hydrogen) atoms. The van der Waals surface area contributed by atoms with Crippen molar-refractivity contribution in [2.24, 2.45) is 23.5 Å². The lowest BCUT2D eigenvalue weighted by Crippen LogP contribution is -2.18. The maximum absolute atomic E-state index is 11.8. The highest BCUT2D eigenvalue weighted by Gasteiger charge is 2.59. The topological polar surface area (TPSA) is 73.8 Å². The Balaban J connectivity index is 1.55. The largest absolute Gasteiger partial charge is 0.366 e. The molecule has 0 radical (unpaired) electrons. The summed E-state index contributed by atoms with van der Waals surface area (Å²) in [5.41, 5.74) is 7.22. The summed E-state index contributed by atoms with van der Waals surface area (Å²) in [5.74, 6) is 1.99. The molecule has 126 valence electrons. The Morgan fingerprint density at radius 1 is 1.42 bits per heavy atom. The number of primary amides is 1. The molecule has 0 saturated heterocycles. The smallest absolute Gasteiger partial charge is 0.248 e. The molecule has 1 aromatic carbocycles. The molecule has 2 saturated carbocycles. The van der Waals surface area contributed by atoms with Gasteiger partial charge in [0.2, 0.25) is 5.91 Å². The number of nitrogens with zero attached hydrogens (tertiary/aromatic N) is 3. The third kappa shape index (κ3) is 2.51. The predicted molar refractivity (Wildman–Crippen MR) is 91.8 cm³/mol. The van der Waals surface area contributed by atoms with Gasteiger partial charge in [0.05, 0.1) is 6.04 Å². The molecule has 1 aromatic heterocycles. The minimum absolute atomic E-state index is 0.345. The summed E-state index contributed by atoms with van der Waals surface area (Å²) < 4.78 is 1.98. The molecule has 6 heteroatoms. The number of halogens is 1. The molecular formula is C18H21ClN4O. The zero-order valence-corrected chi connectivity index (χ0v) is 14.4. The Bertz CT molecular complexity index is 748. The number of hydrogen-bond acceptors (Lipinski definition) is 3. The summed E-state index contributed by atoms with van der Waals surface area (Å²) >= 11 is 6.19. The van der Waals surface area contributed by atoms with Crippen molar-refractivity contribution >= 4 is 17.5 Å². The van der Waals surface area contributed by atoms with Gasteiger partial charge in [-0.25, -0.2) is 9.67 Å². The highest BCUT2D eigenvalue weighted by atomic mass is 35.5. The van der Waals surface area contributed by atoms with Gasteiger partial charge in [0.25, 0.3) is 0 Å². The average Bonchev–Trinajstić information content (AvgIpc) is 3.00. The summed E-state index contributed by atoms with van der Waals surface area (Å²) in [5, 5.41) is 4.94. The van der Waals surface area contributed by atoms with E-state index in [1.807, 2.05) is 17.1 Å². The molecule has 2 aromatic rings. The first-order valence-corrected chi connectivity index (χ1v) is 8.91. The summed E-state index contributed by atoms with van der Waals surface area (Å²) in [6.07, 6.45) is 6.68. The summed E-state index contributed by atoms with van der Waals surface area (Å²) in [6.45, 7) is 2.18. The van der Waals surface area contributed by atoms with Crippen LogP contribution in [0.4, 0.5) is 0 Å². The van der Waals surface area contributed by atoms with Crippen LogP contribution < -0.4 is 5.73 Å². The Morgan fingerprint density at radius 2 is 2.17 bits per heavy atom. The molecule has 2 aliphatic carbocycles. The Kier molecular flexibility index (Phi) is 3.83. The molecule has 0 bridgehead atoms. The monoisotopic (exact) mass is 344 g/mol. The van der Waals surface area contributed by atoms with Crippen LogP contribution in [0.3, 0.4) is 0 Å². The molecule has 0 unspecified atom stereocenters. The fraction of sp³-hybridized carbons (Fsp3) is 0.500. The third-order valence-electron chi connectivity index (χ3n) is 5.88. The van der Waals surface area contributed by atoms with Crippen molar-refractivity contribution < 1.29 is 4.79 Å². The summed E-state index contributed by atoms with van der Waals surface area (Å²) in [6, 6.07) is 5.90. The number of rotatable bonds is 5. The zero-order valence-electron chi connectivity index (χ0n) is 13.6. The first-order valence-electron chi connectivity index (χ1n) is 8.53. The number of amides is 1. The molecular weight excluding hydrogens is 324 g/mol. The number of nitrogens with two attached hydrogens (primary N) is 1. The lowest BCUT2D eigenvalue weighted by atomic mass is 9.84. The quantitative estimate of drug-likeness (QED) is 0.903. The minimum atomic E-state index is -0.369. The first kappa shape index (κ1) is 15.6. The van der Waals surface area contributed by atoms with E-state index >= 15 is 0 Å². The second-order valence-corrected chi connectivity index (χ2v) is 7.45. The van der Waals surface area contributed by atoms with Crippen LogP contribution in [0.1, 0.15) is 54.1 Å². The number of carbonyl (C=O) groups excluding carboxylic acids is 1. The van der Waals surface area contributed by atoms with Crippen LogP contribution in [0.25, 0.3) is 0 Å². The molecule has 5 nitrogen and oxygen atoms in total. The van der Waals surface area contributed by atoms with E-state index in [9.17, 15) is 4.79 Å². The van der Waals surface area contributed by atoms with E-state index in [1.54, 1.807) is 18.5 Å². The van der Waals surface area contributed by atoms with Gasteiger partial charge in [0.1, 0.15) is 12.7 Å². The average molecular weight is 345 g/mol.